The van der Waals surface area contributed by atoms with Crippen molar-refractivity contribution in [3.05, 3.63) is 82.1 Å². The number of halogens is 1. The molecule has 1 aliphatic heterocycles. The molecule has 0 bridgehead atoms. The fourth-order valence-corrected chi connectivity index (χ4v) is 4.62. The van der Waals surface area contributed by atoms with Gasteiger partial charge in [0.1, 0.15) is 0 Å². The number of aryl methyl sites for hydroxylation is 1. The molecule has 1 saturated heterocycles. The molecule has 1 fully saturated rings. The maximum atomic E-state index is 13.3. The van der Waals surface area contributed by atoms with Gasteiger partial charge in [0.2, 0.25) is 5.91 Å². The Morgan fingerprint density at radius 2 is 1.79 bits per heavy atom. The lowest BCUT2D eigenvalue weighted by molar-refractivity contribution is -0.136. The topological polar surface area (TPSA) is 58.4 Å². The largest absolute Gasteiger partial charge is 0.341 e. The molecule has 0 aliphatic carbocycles. The third kappa shape index (κ3) is 4.96. The highest BCUT2D eigenvalue weighted by Crippen LogP contribution is 2.24. The van der Waals surface area contributed by atoms with Crippen molar-refractivity contribution in [1.29, 1.82) is 0 Å². The fraction of sp³-hybridized carbons (Fsp3) is 0.346. The first-order chi connectivity index (χ1) is 15.8. The van der Waals surface area contributed by atoms with Crippen LogP contribution in [0.5, 0.6) is 0 Å². The van der Waals surface area contributed by atoms with E-state index in [1.807, 2.05) is 55.9 Å². The van der Waals surface area contributed by atoms with Crippen molar-refractivity contribution in [3.63, 3.8) is 0 Å². The molecule has 0 saturated carbocycles. The van der Waals surface area contributed by atoms with Crippen LogP contribution in [0.3, 0.4) is 0 Å². The molecule has 1 aliphatic rings. The van der Waals surface area contributed by atoms with Gasteiger partial charge in [-0.05, 0) is 63.1 Å². The fourth-order valence-electron chi connectivity index (χ4n) is 4.49. The lowest BCUT2D eigenvalue weighted by Crippen LogP contribution is -2.45. The summed E-state index contributed by atoms with van der Waals surface area (Å²) in [5.74, 6) is -0.192. The lowest BCUT2D eigenvalue weighted by Gasteiger charge is -2.34. The molecule has 6 nitrogen and oxygen atoms in total. The first-order valence-corrected chi connectivity index (χ1v) is 11.6. The zero-order valence-corrected chi connectivity index (χ0v) is 20.0. The van der Waals surface area contributed by atoms with E-state index in [2.05, 4.69) is 0 Å². The molecule has 2 amide bonds. The quantitative estimate of drug-likeness (QED) is 0.552. The summed E-state index contributed by atoms with van der Waals surface area (Å²) in [5.41, 5.74) is 4.60. The van der Waals surface area contributed by atoms with Crippen LogP contribution in [-0.2, 0) is 11.3 Å². The van der Waals surface area contributed by atoms with Crippen LogP contribution in [0.25, 0.3) is 5.69 Å². The number of piperidine rings is 1. The van der Waals surface area contributed by atoms with Gasteiger partial charge >= 0.3 is 0 Å². The summed E-state index contributed by atoms with van der Waals surface area (Å²) >= 11 is 5.95. The van der Waals surface area contributed by atoms with Crippen LogP contribution in [0.2, 0.25) is 5.02 Å². The summed E-state index contributed by atoms with van der Waals surface area (Å²) in [6.45, 7) is 5.61. The summed E-state index contributed by atoms with van der Waals surface area (Å²) in [5, 5.41) is 5.29. The first-order valence-electron chi connectivity index (χ1n) is 11.3. The van der Waals surface area contributed by atoms with Gasteiger partial charge in [0.25, 0.3) is 5.91 Å². The molecule has 33 heavy (non-hydrogen) atoms. The molecule has 0 spiro atoms. The smallest absolute Gasteiger partial charge is 0.253 e. The van der Waals surface area contributed by atoms with Gasteiger partial charge in [-0.1, -0.05) is 29.8 Å². The Hall–Kier alpha value is -3.12. The molecular formula is C26H29ClN4O2. The van der Waals surface area contributed by atoms with Crippen molar-refractivity contribution in [2.45, 2.75) is 33.2 Å². The maximum Gasteiger partial charge on any atom is 0.253 e. The Bertz CT molecular complexity index is 1140. The number of hydrogen-bond acceptors (Lipinski definition) is 3. The van der Waals surface area contributed by atoms with Gasteiger partial charge in [0, 0.05) is 48.5 Å². The van der Waals surface area contributed by atoms with Gasteiger partial charge in [-0.2, -0.15) is 5.10 Å². The van der Waals surface area contributed by atoms with E-state index >= 15 is 0 Å². The van der Waals surface area contributed by atoms with Gasteiger partial charge in [-0.25, -0.2) is 4.68 Å². The number of amides is 2. The lowest BCUT2D eigenvalue weighted by atomic mass is 9.95. The molecule has 172 valence electrons. The van der Waals surface area contributed by atoms with Gasteiger partial charge < -0.3 is 9.80 Å². The van der Waals surface area contributed by atoms with E-state index < -0.39 is 0 Å². The zero-order chi connectivity index (χ0) is 23.5. The zero-order valence-electron chi connectivity index (χ0n) is 19.3. The molecule has 1 atom stereocenters. The van der Waals surface area contributed by atoms with Crippen LogP contribution in [0.15, 0.2) is 54.6 Å². The number of carbonyl (C=O) groups excluding carboxylic acids is 2. The summed E-state index contributed by atoms with van der Waals surface area (Å²) in [4.78, 5) is 29.8. The minimum absolute atomic E-state index is 0.0531. The van der Waals surface area contributed by atoms with Crippen LogP contribution < -0.4 is 0 Å². The molecule has 3 aromatic rings. The molecule has 0 radical (unpaired) electrons. The van der Waals surface area contributed by atoms with Crippen molar-refractivity contribution in [2.24, 2.45) is 5.92 Å². The van der Waals surface area contributed by atoms with Crippen molar-refractivity contribution >= 4 is 23.4 Å². The Morgan fingerprint density at radius 1 is 1.09 bits per heavy atom. The highest BCUT2D eigenvalue weighted by atomic mass is 35.5. The monoisotopic (exact) mass is 464 g/mol. The average molecular weight is 465 g/mol. The van der Waals surface area contributed by atoms with E-state index in [0.717, 1.165) is 35.5 Å². The molecule has 7 heteroatoms. The van der Waals surface area contributed by atoms with E-state index in [-0.39, 0.29) is 17.7 Å². The normalized spacial score (nSPS) is 16.0. The summed E-state index contributed by atoms with van der Waals surface area (Å²) < 4.78 is 1.93. The molecule has 0 unspecified atom stereocenters. The Balaban J connectivity index is 1.44. The van der Waals surface area contributed by atoms with Crippen molar-refractivity contribution < 1.29 is 9.59 Å². The molecular weight excluding hydrogens is 436 g/mol. The Morgan fingerprint density at radius 3 is 2.48 bits per heavy atom. The third-order valence-corrected chi connectivity index (χ3v) is 6.61. The number of likely N-dealkylation sites (tertiary alicyclic amines) is 1. The second kappa shape index (κ2) is 9.79. The van der Waals surface area contributed by atoms with E-state index in [9.17, 15) is 9.59 Å². The summed E-state index contributed by atoms with van der Waals surface area (Å²) in [7, 11) is 1.83. The Kier molecular flexibility index (Phi) is 6.84. The number of benzene rings is 2. The molecule has 2 aromatic carbocycles. The van der Waals surface area contributed by atoms with Crippen molar-refractivity contribution in [2.75, 3.05) is 20.1 Å². The minimum Gasteiger partial charge on any atom is -0.341 e. The number of carbonyl (C=O) groups is 2. The van der Waals surface area contributed by atoms with Crippen molar-refractivity contribution in [3.8, 4) is 5.69 Å². The summed E-state index contributed by atoms with van der Waals surface area (Å²) in [6.07, 6.45) is 1.60. The van der Waals surface area contributed by atoms with E-state index in [1.165, 1.54) is 0 Å². The number of rotatable bonds is 5. The number of nitrogens with zero attached hydrogens (tertiary/aromatic N) is 4. The first kappa shape index (κ1) is 23.1. The number of hydrogen-bond donors (Lipinski definition) is 0. The van der Waals surface area contributed by atoms with Crippen LogP contribution in [0.1, 0.15) is 40.2 Å². The van der Waals surface area contributed by atoms with E-state index in [4.69, 9.17) is 16.7 Å². The van der Waals surface area contributed by atoms with Gasteiger partial charge in [0.15, 0.2) is 0 Å². The molecule has 0 N–H and O–H groups in total. The van der Waals surface area contributed by atoms with Crippen LogP contribution >= 0.6 is 11.6 Å². The maximum absolute atomic E-state index is 13.3. The standard InChI is InChI=1S/C26H29ClN4O2/c1-18-24(19(2)31(28-18)23-9-5-4-6-10-23)17-29(3)25(32)21-8-7-15-30(16-21)26(33)20-11-13-22(27)14-12-20/h4-6,9-14,21H,7-8,15-17H2,1-3H3/t21-/m0/s1. The van der Waals surface area contributed by atoms with Crippen LogP contribution in [-0.4, -0.2) is 51.5 Å². The van der Waals surface area contributed by atoms with Gasteiger partial charge in [-0.15, -0.1) is 0 Å². The minimum atomic E-state index is -0.204. The van der Waals surface area contributed by atoms with E-state index in [1.54, 1.807) is 34.1 Å². The number of para-hydroxylation sites is 1. The second-order valence-corrected chi connectivity index (χ2v) is 9.12. The third-order valence-electron chi connectivity index (χ3n) is 6.36. The SMILES string of the molecule is Cc1nn(-c2ccccc2)c(C)c1CN(C)C(=O)[C@H]1CCCN(C(=O)c2ccc(Cl)cc2)C1. The van der Waals surface area contributed by atoms with Crippen LogP contribution in [0, 0.1) is 19.8 Å². The predicted molar refractivity (Wildman–Crippen MR) is 130 cm³/mol. The highest BCUT2D eigenvalue weighted by Gasteiger charge is 2.31. The van der Waals surface area contributed by atoms with Crippen LogP contribution in [0.4, 0.5) is 0 Å². The number of aromatic nitrogens is 2. The Labute approximate surface area is 199 Å². The molecule has 1 aromatic heterocycles. The summed E-state index contributed by atoms with van der Waals surface area (Å²) in [6, 6.07) is 16.9. The van der Waals surface area contributed by atoms with E-state index in [0.29, 0.717) is 30.2 Å². The average Bonchev–Trinajstić information content (AvgIpc) is 3.12. The van der Waals surface area contributed by atoms with Gasteiger partial charge in [-0.3, -0.25) is 9.59 Å². The molecule has 2 heterocycles. The predicted octanol–water partition coefficient (Wildman–Crippen LogP) is 4.65. The second-order valence-electron chi connectivity index (χ2n) is 8.69. The highest BCUT2D eigenvalue weighted by molar-refractivity contribution is 6.30. The van der Waals surface area contributed by atoms with Crippen molar-refractivity contribution in [1.82, 2.24) is 19.6 Å². The molecule has 4 rings (SSSR count). The van der Waals surface area contributed by atoms with Gasteiger partial charge in [0.05, 0.1) is 17.3 Å².